The SMILES string of the molecule is O=C(Cn1cc(C(=O)C2CC2)c2ccccc21)N[C@H]1COC[C@H]1Cc1ccncc1. The van der Waals surface area contributed by atoms with Crippen LogP contribution in [-0.4, -0.2) is 40.5 Å². The van der Waals surface area contributed by atoms with Crippen LogP contribution in [0.1, 0.15) is 28.8 Å². The Bertz CT molecular complexity index is 1070. The van der Waals surface area contributed by atoms with Crippen molar-refractivity contribution in [3.05, 3.63) is 66.1 Å². The number of benzene rings is 1. The van der Waals surface area contributed by atoms with E-state index in [-0.39, 0.29) is 36.1 Å². The first-order chi connectivity index (χ1) is 14.7. The molecule has 1 aliphatic heterocycles. The van der Waals surface area contributed by atoms with Crippen LogP contribution in [0.2, 0.25) is 0 Å². The number of nitrogens with one attached hydrogen (secondary N) is 1. The van der Waals surface area contributed by atoms with E-state index in [1.165, 1.54) is 5.56 Å². The number of rotatable bonds is 7. The van der Waals surface area contributed by atoms with E-state index < -0.39 is 0 Å². The summed E-state index contributed by atoms with van der Waals surface area (Å²) in [5.41, 5.74) is 2.85. The van der Waals surface area contributed by atoms with E-state index in [0.717, 1.165) is 35.7 Å². The molecule has 154 valence electrons. The van der Waals surface area contributed by atoms with Crippen LogP contribution in [0, 0.1) is 11.8 Å². The maximum Gasteiger partial charge on any atom is 0.240 e. The Morgan fingerprint density at radius 3 is 2.70 bits per heavy atom. The molecule has 0 radical (unpaired) electrons. The Balaban J connectivity index is 1.29. The van der Waals surface area contributed by atoms with Gasteiger partial charge in [-0.15, -0.1) is 0 Å². The second kappa shape index (κ2) is 8.03. The number of nitrogens with zero attached hydrogens (tertiary/aromatic N) is 2. The number of Topliss-reactive ketones (excluding diaryl/α,β-unsaturated/α-hetero) is 1. The lowest BCUT2D eigenvalue weighted by Gasteiger charge is -2.19. The van der Waals surface area contributed by atoms with Crippen molar-refractivity contribution in [1.29, 1.82) is 0 Å². The zero-order chi connectivity index (χ0) is 20.5. The van der Waals surface area contributed by atoms with Crippen LogP contribution in [0.15, 0.2) is 55.0 Å². The van der Waals surface area contributed by atoms with Crippen molar-refractivity contribution < 1.29 is 14.3 Å². The summed E-state index contributed by atoms with van der Waals surface area (Å²) in [7, 11) is 0. The minimum Gasteiger partial charge on any atom is -0.379 e. The molecule has 1 saturated heterocycles. The summed E-state index contributed by atoms with van der Waals surface area (Å²) < 4.78 is 7.55. The molecule has 3 aromatic rings. The third-order valence-electron chi connectivity index (χ3n) is 6.11. The summed E-state index contributed by atoms with van der Waals surface area (Å²) in [6.45, 7) is 1.36. The normalized spacial score (nSPS) is 21.1. The molecule has 1 aromatic carbocycles. The topological polar surface area (TPSA) is 73.2 Å². The second-order valence-corrected chi connectivity index (χ2v) is 8.36. The predicted molar refractivity (Wildman–Crippen MR) is 113 cm³/mol. The highest BCUT2D eigenvalue weighted by atomic mass is 16.5. The van der Waals surface area contributed by atoms with Crippen molar-refractivity contribution in [2.45, 2.75) is 31.8 Å². The molecule has 2 atom stereocenters. The van der Waals surface area contributed by atoms with Crippen LogP contribution < -0.4 is 5.32 Å². The number of fused-ring (bicyclic) bond motifs is 1. The van der Waals surface area contributed by atoms with Gasteiger partial charge in [-0.2, -0.15) is 0 Å². The van der Waals surface area contributed by atoms with E-state index >= 15 is 0 Å². The first kappa shape index (κ1) is 19.0. The first-order valence-corrected chi connectivity index (χ1v) is 10.6. The molecular weight excluding hydrogens is 378 g/mol. The lowest BCUT2D eigenvalue weighted by atomic mass is 9.95. The van der Waals surface area contributed by atoms with Gasteiger partial charge in [-0.05, 0) is 43.0 Å². The molecule has 0 unspecified atom stereocenters. The number of amides is 1. The van der Waals surface area contributed by atoms with Gasteiger partial charge in [-0.25, -0.2) is 0 Å². The molecule has 1 aliphatic carbocycles. The zero-order valence-corrected chi connectivity index (χ0v) is 16.8. The number of carbonyl (C=O) groups excluding carboxylic acids is 2. The van der Waals surface area contributed by atoms with Crippen LogP contribution in [0.4, 0.5) is 0 Å². The van der Waals surface area contributed by atoms with E-state index in [0.29, 0.717) is 13.2 Å². The first-order valence-electron chi connectivity index (χ1n) is 10.6. The summed E-state index contributed by atoms with van der Waals surface area (Å²) in [5.74, 6) is 0.538. The van der Waals surface area contributed by atoms with E-state index in [1.54, 1.807) is 12.4 Å². The summed E-state index contributed by atoms with van der Waals surface area (Å²) in [6.07, 6.45) is 8.22. The highest BCUT2D eigenvalue weighted by molar-refractivity contribution is 6.10. The van der Waals surface area contributed by atoms with Gasteiger partial charge in [0.2, 0.25) is 5.91 Å². The molecule has 6 nitrogen and oxygen atoms in total. The summed E-state index contributed by atoms with van der Waals surface area (Å²) in [4.78, 5) is 29.6. The molecule has 0 spiro atoms. The highest BCUT2D eigenvalue weighted by Gasteiger charge is 2.33. The van der Waals surface area contributed by atoms with Crippen LogP contribution >= 0.6 is 0 Å². The molecule has 6 heteroatoms. The maximum absolute atomic E-state index is 12.9. The number of para-hydroxylation sites is 1. The second-order valence-electron chi connectivity index (χ2n) is 8.36. The molecule has 2 fully saturated rings. The number of carbonyl (C=O) groups is 2. The fourth-order valence-corrected chi connectivity index (χ4v) is 4.33. The van der Waals surface area contributed by atoms with Gasteiger partial charge in [0.15, 0.2) is 5.78 Å². The van der Waals surface area contributed by atoms with Crippen molar-refractivity contribution >= 4 is 22.6 Å². The third-order valence-corrected chi connectivity index (χ3v) is 6.11. The average molecular weight is 403 g/mol. The summed E-state index contributed by atoms with van der Waals surface area (Å²) in [6, 6.07) is 11.8. The molecule has 1 saturated carbocycles. The number of pyridine rings is 1. The number of hydrogen-bond acceptors (Lipinski definition) is 4. The van der Waals surface area contributed by atoms with Crippen LogP contribution in [0.25, 0.3) is 10.9 Å². The molecule has 0 bridgehead atoms. The third kappa shape index (κ3) is 3.87. The summed E-state index contributed by atoms with van der Waals surface area (Å²) >= 11 is 0. The summed E-state index contributed by atoms with van der Waals surface area (Å²) in [5, 5.41) is 4.08. The molecule has 1 N–H and O–H groups in total. The van der Waals surface area contributed by atoms with Gasteiger partial charge in [0.25, 0.3) is 0 Å². The predicted octanol–water partition coefficient (Wildman–Crippen LogP) is 3.00. The van der Waals surface area contributed by atoms with Gasteiger partial charge in [0.05, 0.1) is 19.3 Å². The lowest BCUT2D eigenvalue weighted by Crippen LogP contribution is -2.42. The van der Waals surface area contributed by atoms with Gasteiger partial charge in [-0.3, -0.25) is 14.6 Å². The van der Waals surface area contributed by atoms with Crippen LogP contribution in [0.5, 0.6) is 0 Å². The number of ketones is 1. The van der Waals surface area contributed by atoms with E-state index in [4.69, 9.17) is 4.74 Å². The Kier molecular flexibility index (Phi) is 5.09. The largest absolute Gasteiger partial charge is 0.379 e. The Hall–Kier alpha value is -2.99. The average Bonchev–Trinajstić information content (AvgIpc) is 3.44. The molecule has 2 aromatic heterocycles. The number of aromatic nitrogens is 2. The quantitative estimate of drug-likeness (QED) is 0.616. The number of ether oxygens (including phenoxy) is 1. The van der Waals surface area contributed by atoms with Crippen molar-refractivity contribution in [3.63, 3.8) is 0 Å². The van der Waals surface area contributed by atoms with Gasteiger partial charge in [-0.1, -0.05) is 18.2 Å². The van der Waals surface area contributed by atoms with Crippen molar-refractivity contribution in [1.82, 2.24) is 14.9 Å². The van der Waals surface area contributed by atoms with Crippen LogP contribution in [-0.2, 0) is 22.5 Å². The van der Waals surface area contributed by atoms with E-state index in [2.05, 4.69) is 10.3 Å². The monoisotopic (exact) mass is 403 g/mol. The smallest absolute Gasteiger partial charge is 0.240 e. The zero-order valence-electron chi connectivity index (χ0n) is 16.8. The molecule has 3 heterocycles. The molecule has 1 amide bonds. The van der Waals surface area contributed by atoms with Gasteiger partial charge in [0, 0.05) is 46.9 Å². The van der Waals surface area contributed by atoms with Gasteiger partial charge >= 0.3 is 0 Å². The fourth-order valence-electron chi connectivity index (χ4n) is 4.33. The van der Waals surface area contributed by atoms with Crippen molar-refractivity contribution in [2.75, 3.05) is 13.2 Å². The Morgan fingerprint density at radius 1 is 1.10 bits per heavy atom. The van der Waals surface area contributed by atoms with Gasteiger partial charge in [0.1, 0.15) is 6.54 Å². The molecule has 30 heavy (non-hydrogen) atoms. The molecule has 2 aliphatic rings. The highest BCUT2D eigenvalue weighted by Crippen LogP contribution is 2.35. The van der Waals surface area contributed by atoms with E-state index in [1.807, 2.05) is 47.2 Å². The Labute approximate surface area is 175 Å². The Morgan fingerprint density at radius 2 is 1.90 bits per heavy atom. The molecule has 5 rings (SSSR count). The lowest BCUT2D eigenvalue weighted by molar-refractivity contribution is -0.122. The van der Waals surface area contributed by atoms with Crippen LogP contribution in [0.3, 0.4) is 0 Å². The molecular formula is C24H25N3O3. The standard InChI is InChI=1S/C24H25N3O3/c28-23(26-21-15-30-14-18(21)11-16-7-9-25-10-8-16)13-27-12-20(24(29)17-5-6-17)19-3-1-2-4-22(19)27/h1-4,7-10,12,17-18,21H,5-6,11,13-15H2,(H,26,28)/t18-,21+/m1/s1. The minimum atomic E-state index is -0.0589. The number of hydrogen-bond donors (Lipinski definition) is 1. The van der Waals surface area contributed by atoms with E-state index in [9.17, 15) is 9.59 Å². The van der Waals surface area contributed by atoms with Crippen molar-refractivity contribution in [3.8, 4) is 0 Å². The van der Waals surface area contributed by atoms with Crippen molar-refractivity contribution in [2.24, 2.45) is 11.8 Å². The fraction of sp³-hybridized carbons (Fsp3) is 0.375. The minimum absolute atomic E-state index is 0.0138. The van der Waals surface area contributed by atoms with Gasteiger partial charge < -0.3 is 14.6 Å². The maximum atomic E-state index is 12.9.